The predicted octanol–water partition coefficient (Wildman–Crippen LogP) is 1.61. The number of urea groups is 1. The molecule has 3 amide bonds. The first-order valence-electron chi connectivity index (χ1n) is 7.23. The van der Waals surface area contributed by atoms with Crippen LogP contribution in [0.15, 0.2) is 24.3 Å². The van der Waals surface area contributed by atoms with Gasteiger partial charge in [-0.05, 0) is 38.5 Å². The van der Waals surface area contributed by atoms with Gasteiger partial charge in [-0.1, -0.05) is 12.1 Å². The molecule has 0 heterocycles. The van der Waals surface area contributed by atoms with Crippen LogP contribution in [0.2, 0.25) is 0 Å². The van der Waals surface area contributed by atoms with Crippen molar-refractivity contribution >= 4 is 17.9 Å². The molecule has 0 aliphatic rings. The first-order chi connectivity index (χ1) is 10.8. The highest BCUT2D eigenvalue weighted by Gasteiger charge is 2.21. The molecule has 1 rings (SSSR count). The van der Waals surface area contributed by atoms with Gasteiger partial charge >= 0.3 is 12.0 Å². The molecule has 126 valence electrons. The van der Waals surface area contributed by atoms with Gasteiger partial charge in [-0.15, -0.1) is 0 Å². The van der Waals surface area contributed by atoms with Crippen molar-refractivity contribution in [3.63, 3.8) is 0 Å². The zero-order valence-corrected chi connectivity index (χ0v) is 13.7. The van der Waals surface area contributed by atoms with Gasteiger partial charge in [0.25, 0.3) is 5.91 Å². The number of nitrogens with one attached hydrogen (secondary N) is 2. The van der Waals surface area contributed by atoms with Crippen LogP contribution in [0.1, 0.15) is 36.7 Å². The Bertz CT molecular complexity index is 554. The fraction of sp³-hybridized carbons (Fsp3) is 0.438. The lowest BCUT2D eigenvalue weighted by molar-refractivity contribution is -0.127. The molecule has 2 N–H and O–H groups in total. The minimum absolute atomic E-state index is 0.105. The van der Waals surface area contributed by atoms with Crippen LogP contribution in [-0.4, -0.2) is 37.2 Å². The first kappa shape index (κ1) is 18.6. The second kappa shape index (κ2) is 8.89. The van der Waals surface area contributed by atoms with Crippen molar-refractivity contribution in [1.29, 1.82) is 0 Å². The summed E-state index contributed by atoms with van der Waals surface area (Å²) in [6.45, 7) is 5.37. The Morgan fingerprint density at radius 1 is 1.09 bits per heavy atom. The average molecular weight is 322 g/mol. The molecule has 1 unspecified atom stereocenters. The lowest BCUT2D eigenvalue weighted by Gasteiger charge is -2.14. The molecule has 0 aliphatic heterocycles. The Kier molecular flexibility index (Phi) is 7.21. The minimum Gasteiger partial charge on any atom is -0.449 e. The van der Waals surface area contributed by atoms with Crippen LogP contribution in [-0.2, 0) is 20.9 Å². The van der Waals surface area contributed by atoms with Crippen molar-refractivity contribution in [2.24, 2.45) is 0 Å². The van der Waals surface area contributed by atoms with E-state index in [0.717, 1.165) is 5.56 Å². The van der Waals surface area contributed by atoms with E-state index in [0.29, 0.717) is 12.2 Å². The van der Waals surface area contributed by atoms with Crippen molar-refractivity contribution in [2.45, 2.75) is 39.5 Å². The van der Waals surface area contributed by atoms with E-state index >= 15 is 0 Å². The van der Waals surface area contributed by atoms with Gasteiger partial charge in [0.15, 0.2) is 6.10 Å². The topological polar surface area (TPSA) is 93.7 Å². The molecule has 0 aliphatic carbocycles. The van der Waals surface area contributed by atoms with Gasteiger partial charge in [-0.2, -0.15) is 0 Å². The van der Waals surface area contributed by atoms with Crippen LogP contribution in [0, 0.1) is 0 Å². The standard InChI is InChI=1S/C16H22N2O5/c1-10(2)17-16(21)18-14(19)11(3)23-15(20)13-7-5-12(6-8-13)9-22-4/h5-8,10-11H,9H2,1-4H3,(H2,17,18,19,21). The van der Waals surface area contributed by atoms with Crippen LogP contribution in [0.4, 0.5) is 4.79 Å². The maximum absolute atomic E-state index is 12.0. The predicted molar refractivity (Wildman–Crippen MR) is 83.8 cm³/mol. The molecule has 0 radical (unpaired) electrons. The Hall–Kier alpha value is -2.41. The summed E-state index contributed by atoms with van der Waals surface area (Å²) in [4.78, 5) is 35.2. The molecule has 0 saturated heterocycles. The summed E-state index contributed by atoms with van der Waals surface area (Å²) in [6.07, 6.45) is -1.08. The molecule has 0 aromatic heterocycles. The number of benzene rings is 1. The summed E-state index contributed by atoms with van der Waals surface area (Å²) in [5, 5.41) is 4.62. The number of imide groups is 1. The third-order valence-electron chi connectivity index (χ3n) is 2.81. The summed E-state index contributed by atoms with van der Waals surface area (Å²) >= 11 is 0. The van der Waals surface area contributed by atoms with E-state index in [1.165, 1.54) is 6.92 Å². The second-order valence-corrected chi connectivity index (χ2v) is 5.29. The molecular weight excluding hydrogens is 300 g/mol. The number of carbonyl (C=O) groups excluding carboxylic acids is 3. The molecule has 1 aromatic carbocycles. The molecule has 0 saturated carbocycles. The van der Waals surface area contributed by atoms with Crippen LogP contribution < -0.4 is 10.6 Å². The molecule has 23 heavy (non-hydrogen) atoms. The quantitative estimate of drug-likeness (QED) is 0.776. The molecule has 7 nitrogen and oxygen atoms in total. The van der Waals surface area contributed by atoms with Gasteiger partial charge in [-0.3, -0.25) is 10.1 Å². The zero-order chi connectivity index (χ0) is 17.4. The van der Waals surface area contributed by atoms with E-state index in [1.807, 2.05) is 0 Å². The van der Waals surface area contributed by atoms with E-state index in [1.54, 1.807) is 45.2 Å². The van der Waals surface area contributed by atoms with Crippen molar-refractivity contribution in [3.8, 4) is 0 Å². The van der Waals surface area contributed by atoms with E-state index in [2.05, 4.69) is 10.6 Å². The Morgan fingerprint density at radius 2 is 1.70 bits per heavy atom. The van der Waals surface area contributed by atoms with Gasteiger partial charge in [0.05, 0.1) is 12.2 Å². The third kappa shape index (κ3) is 6.48. The molecule has 0 spiro atoms. The van der Waals surface area contributed by atoms with Crippen molar-refractivity contribution in [2.75, 3.05) is 7.11 Å². The summed E-state index contributed by atoms with van der Waals surface area (Å²) in [7, 11) is 1.58. The average Bonchev–Trinajstić information content (AvgIpc) is 2.47. The largest absolute Gasteiger partial charge is 0.449 e. The monoisotopic (exact) mass is 322 g/mol. The molecular formula is C16H22N2O5. The van der Waals surface area contributed by atoms with Crippen LogP contribution in [0.3, 0.4) is 0 Å². The molecule has 0 bridgehead atoms. The normalized spacial score (nSPS) is 11.7. The highest BCUT2D eigenvalue weighted by atomic mass is 16.5. The van der Waals surface area contributed by atoms with Crippen LogP contribution >= 0.6 is 0 Å². The number of amides is 3. The van der Waals surface area contributed by atoms with E-state index in [4.69, 9.17) is 9.47 Å². The van der Waals surface area contributed by atoms with Gasteiger partial charge in [0, 0.05) is 13.2 Å². The highest BCUT2D eigenvalue weighted by molar-refractivity contribution is 5.98. The van der Waals surface area contributed by atoms with Gasteiger partial charge in [-0.25, -0.2) is 9.59 Å². The first-order valence-corrected chi connectivity index (χ1v) is 7.23. The Labute approximate surface area is 135 Å². The fourth-order valence-corrected chi connectivity index (χ4v) is 1.70. The summed E-state index contributed by atoms with van der Waals surface area (Å²) < 4.78 is 10.0. The third-order valence-corrected chi connectivity index (χ3v) is 2.81. The van der Waals surface area contributed by atoms with Gasteiger partial charge < -0.3 is 14.8 Å². The lowest BCUT2D eigenvalue weighted by Crippen LogP contribution is -2.46. The summed E-state index contributed by atoms with van der Waals surface area (Å²) in [6, 6.07) is 5.92. The van der Waals surface area contributed by atoms with Crippen LogP contribution in [0.5, 0.6) is 0 Å². The summed E-state index contributed by atoms with van der Waals surface area (Å²) in [5.41, 5.74) is 1.23. The van der Waals surface area contributed by atoms with Crippen molar-refractivity contribution < 1.29 is 23.9 Å². The number of carbonyl (C=O) groups is 3. The van der Waals surface area contributed by atoms with Gasteiger partial charge in [0.1, 0.15) is 0 Å². The lowest BCUT2D eigenvalue weighted by atomic mass is 10.1. The number of hydrogen-bond donors (Lipinski definition) is 2. The van der Waals surface area contributed by atoms with Crippen molar-refractivity contribution in [3.05, 3.63) is 35.4 Å². The zero-order valence-electron chi connectivity index (χ0n) is 13.7. The maximum Gasteiger partial charge on any atom is 0.338 e. The van der Waals surface area contributed by atoms with E-state index in [9.17, 15) is 14.4 Å². The highest BCUT2D eigenvalue weighted by Crippen LogP contribution is 2.08. The number of esters is 1. The minimum atomic E-state index is -1.08. The fourth-order valence-electron chi connectivity index (χ4n) is 1.70. The second-order valence-electron chi connectivity index (χ2n) is 5.29. The summed E-state index contributed by atoms with van der Waals surface area (Å²) in [5.74, 6) is -1.33. The number of ether oxygens (including phenoxy) is 2. The van der Waals surface area contributed by atoms with Crippen LogP contribution in [0.25, 0.3) is 0 Å². The maximum atomic E-state index is 12.0. The molecule has 7 heteroatoms. The molecule has 1 aromatic rings. The number of hydrogen-bond acceptors (Lipinski definition) is 5. The number of rotatable bonds is 6. The number of methoxy groups -OCH3 is 1. The van der Waals surface area contributed by atoms with Gasteiger partial charge in [0.2, 0.25) is 0 Å². The molecule has 0 fully saturated rings. The Morgan fingerprint density at radius 3 is 2.22 bits per heavy atom. The SMILES string of the molecule is COCc1ccc(C(=O)OC(C)C(=O)NC(=O)NC(C)C)cc1. The smallest absolute Gasteiger partial charge is 0.338 e. The molecule has 1 atom stereocenters. The van der Waals surface area contributed by atoms with E-state index in [-0.39, 0.29) is 6.04 Å². The van der Waals surface area contributed by atoms with Crippen molar-refractivity contribution in [1.82, 2.24) is 10.6 Å². The van der Waals surface area contributed by atoms with E-state index < -0.39 is 24.0 Å². The Balaban J connectivity index is 2.55.